The van der Waals surface area contributed by atoms with E-state index in [4.69, 9.17) is 4.74 Å². The third kappa shape index (κ3) is 3.32. The van der Waals surface area contributed by atoms with Gasteiger partial charge in [-0.3, -0.25) is 4.98 Å². The van der Waals surface area contributed by atoms with Crippen LogP contribution in [0.5, 0.6) is 11.5 Å². The van der Waals surface area contributed by atoms with Crippen LogP contribution in [0.4, 0.5) is 0 Å². The van der Waals surface area contributed by atoms with Gasteiger partial charge >= 0.3 is 0 Å². The summed E-state index contributed by atoms with van der Waals surface area (Å²) in [7, 11) is 0. The molecule has 1 aromatic carbocycles. The summed E-state index contributed by atoms with van der Waals surface area (Å²) in [6, 6.07) is 9.69. The number of aromatic nitrogens is 1. The lowest BCUT2D eigenvalue weighted by Gasteiger charge is -2.11. The van der Waals surface area contributed by atoms with Gasteiger partial charge in [0.2, 0.25) is 0 Å². The molecule has 1 heterocycles. The number of nitrogens with zero attached hydrogens (tertiary/aromatic N) is 1. The summed E-state index contributed by atoms with van der Waals surface area (Å²) in [6.45, 7) is 6.00. The molecule has 0 saturated heterocycles. The second kappa shape index (κ2) is 5.85. The lowest BCUT2D eigenvalue weighted by Crippen LogP contribution is -1.98. The number of benzene rings is 1. The number of rotatable bonds is 4. The Morgan fingerprint density at radius 2 is 2.00 bits per heavy atom. The maximum Gasteiger partial charge on any atom is 0.145 e. The van der Waals surface area contributed by atoms with Gasteiger partial charge in [0.25, 0.3) is 0 Å². The first kappa shape index (κ1) is 13.6. The predicted molar refractivity (Wildman–Crippen MR) is 75.5 cm³/mol. The van der Waals surface area contributed by atoms with Gasteiger partial charge < -0.3 is 9.84 Å². The maximum absolute atomic E-state index is 9.68. The van der Waals surface area contributed by atoms with Gasteiger partial charge in [-0.15, -0.1) is 0 Å². The molecule has 0 radical (unpaired) electrons. The normalized spacial score (nSPS) is 12.2. The maximum atomic E-state index is 9.68. The molecule has 0 saturated carbocycles. The highest BCUT2D eigenvalue weighted by atomic mass is 16.5. The Morgan fingerprint density at radius 3 is 2.58 bits per heavy atom. The summed E-state index contributed by atoms with van der Waals surface area (Å²) in [5, 5.41) is 9.68. The number of pyridine rings is 1. The van der Waals surface area contributed by atoms with Crippen LogP contribution in [0.3, 0.4) is 0 Å². The Hall–Kier alpha value is -1.87. The Morgan fingerprint density at radius 1 is 1.21 bits per heavy atom. The smallest absolute Gasteiger partial charge is 0.145 e. The zero-order chi connectivity index (χ0) is 13.8. The summed E-state index contributed by atoms with van der Waals surface area (Å²) in [5.41, 5.74) is 2.98. The van der Waals surface area contributed by atoms with E-state index in [9.17, 15) is 5.11 Å². The number of hydrogen-bond donors (Lipinski definition) is 1. The Labute approximate surface area is 113 Å². The quantitative estimate of drug-likeness (QED) is 0.902. The van der Waals surface area contributed by atoms with Crippen molar-refractivity contribution in [3.05, 3.63) is 53.3 Å². The number of ether oxygens (including phenoxy) is 1. The van der Waals surface area contributed by atoms with E-state index in [2.05, 4.69) is 18.0 Å². The van der Waals surface area contributed by atoms with Crippen molar-refractivity contribution in [3.8, 4) is 11.5 Å². The standard InChI is InChI=1S/C16H19NO2/c1-4-15(18)14-7-6-13(10-17-14)19-16-8-5-11(2)9-12(16)3/h5-10,15,18H,4H2,1-3H3/t15-/m0/s1. The van der Waals surface area contributed by atoms with E-state index in [1.807, 2.05) is 32.0 Å². The molecule has 0 spiro atoms. The van der Waals surface area contributed by atoms with Crippen molar-refractivity contribution in [2.24, 2.45) is 0 Å². The molecule has 0 amide bonds. The summed E-state index contributed by atoms with van der Waals surface area (Å²) in [5.74, 6) is 1.51. The van der Waals surface area contributed by atoms with Gasteiger partial charge in [-0.1, -0.05) is 24.6 Å². The van der Waals surface area contributed by atoms with E-state index in [1.165, 1.54) is 5.56 Å². The minimum absolute atomic E-state index is 0.504. The van der Waals surface area contributed by atoms with E-state index in [0.29, 0.717) is 17.9 Å². The van der Waals surface area contributed by atoms with Crippen LogP contribution in [0.25, 0.3) is 0 Å². The van der Waals surface area contributed by atoms with Crippen LogP contribution in [-0.2, 0) is 0 Å². The minimum atomic E-state index is -0.504. The Balaban J connectivity index is 2.15. The average Bonchev–Trinajstić information content (AvgIpc) is 2.42. The first-order valence-electron chi connectivity index (χ1n) is 6.49. The number of aryl methyl sites for hydroxylation is 2. The van der Waals surface area contributed by atoms with E-state index in [1.54, 1.807) is 12.3 Å². The molecule has 1 N–H and O–H groups in total. The molecule has 2 rings (SSSR count). The lowest BCUT2D eigenvalue weighted by molar-refractivity contribution is 0.169. The van der Waals surface area contributed by atoms with Crippen LogP contribution in [-0.4, -0.2) is 10.1 Å². The van der Waals surface area contributed by atoms with Gasteiger partial charge in [0.15, 0.2) is 0 Å². The molecule has 3 nitrogen and oxygen atoms in total. The van der Waals surface area contributed by atoms with Crippen molar-refractivity contribution < 1.29 is 9.84 Å². The van der Waals surface area contributed by atoms with Crippen molar-refractivity contribution in [1.29, 1.82) is 0 Å². The molecule has 0 aliphatic heterocycles. The van der Waals surface area contributed by atoms with Gasteiger partial charge in [0.1, 0.15) is 11.5 Å². The van der Waals surface area contributed by atoms with Crippen molar-refractivity contribution in [3.63, 3.8) is 0 Å². The second-order valence-corrected chi connectivity index (χ2v) is 4.71. The van der Waals surface area contributed by atoms with Crippen LogP contribution in [0.2, 0.25) is 0 Å². The fraction of sp³-hybridized carbons (Fsp3) is 0.312. The summed E-state index contributed by atoms with van der Waals surface area (Å²) in [4.78, 5) is 4.22. The number of aliphatic hydroxyl groups is 1. The molecule has 2 aromatic rings. The first-order chi connectivity index (χ1) is 9.10. The van der Waals surface area contributed by atoms with Crippen molar-refractivity contribution in [2.75, 3.05) is 0 Å². The van der Waals surface area contributed by atoms with Gasteiger partial charge in [-0.05, 0) is 44.0 Å². The fourth-order valence-corrected chi connectivity index (χ4v) is 1.90. The van der Waals surface area contributed by atoms with E-state index >= 15 is 0 Å². The average molecular weight is 257 g/mol. The van der Waals surface area contributed by atoms with E-state index < -0.39 is 6.10 Å². The highest BCUT2D eigenvalue weighted by molar-refractivity contribution is 5.39. The number of aliphatic hydroxyl groups excluding tert-OH is 1. The molecule has 0 aliphatic carbocycles. The van der Waals surface area contributed by atoms with E-state index in [-0.39, 0.29) is 0 Å². The second-order valence-electron chi connectivity index (χ2n) is 4.71. The molecule has 100 valence electrons. The highest BCUT2D eigenvalue weighted by Crippen LogP contribution is 2.26. The van der Waals surface area contributed by atoms with Crippen LogP contribution in [0.1, 0.15) is 36.3 Å². The lowest BCUT2D eigenvalue weighted by atomic mass is 10.1. The van der Waals surface area contributed by atoms with Crippen LogP contribution in [0.15, 0.2) is 36.5 Å². The van der Waals surface area contributed by atoms with Crippen molar-refractivity contribution >= 4 is 0 Å². The van der Waals surface area contributed by atoms with Crippen LogP contribution in [0, 0.1) is 13.8 Å². The molecule has 19 heavy (non-hydrogen) atoms. The minimum Gasteiger partial charge on any atom is -0.455 e. The fourth-order valence-electron chi connectivity index (χ4n) is 1.90. The molecule has 0 aliphatic rings. The zero-order valence-electron chi connectivity index (χ0n) is 11.6. The summed E-state index contributed by atoms with van der Waals surface area (Å²) >= 11 is 0. The van der Waals surface area contributed by atoms with Crippen molar-refractivity contribution in [2.45, 2.75) is 33.3 Å². The van der Waals surface area contributed by atoms with Gasteiger partial charge in [0, 0.05) is 0 Å². The van der Waals surface area contributed by atoms with Gasteiger partial charge in [0.05, 0.1) is 18.0 Å². The van der Waals surface area contributed by atoms with Crippen LogP contribution < -0.4 is 4.74 Å². The van der Waals surface area contributed by atoms with Crippen LogP contribution >= 0.6 is 0 Å². The molecule has 0 bridgehead atoms. The molecule has 0 fully saturated rings. The third-order valence-electron chi connectivity index (χ3n) is 3.05. The molecule has 1 aromatic heterocycles. The van der Waals surface area contributed by atoms with Crippen molar-refractivity contribution in [1.82, 2.24) is 4.98 Å². The summed E-state index contributed by atoms with van der Waals surface area (Å²) in [6.07, 6.45) is 1.80. The molecule has 0 unspecified atom stereocenters. The zero-order valence-corrected chi connectivity index (χ0v) is 11.6. The SMILES string of the molecule is CC[C@H](O)c1ccc(Oc2ccc(C)cc2C)cn1. The molecular weight excluding hydrogens is 238 g/mol. The summed E-state index contributed by atoms with van der Waals surface area (Å²) < 4.78 is 5.79. The highest BCUT2D eigenvalue weighted by Gasteiger charge is 2.07. The molecule has 1 atom stereocenters. The number of hydrogen-bond acceptors (Lipinski definition) is 3. The first-order valence-corrected chi connectivity index (χ1v) is 6.49. The third-order valence-corrected chi connectivity index (χ3v) is 3.05. The Bertz CT molecular complexity index is 549. The predicted octanol–water partition coefficient (Wildman–Crippen LogP) is 3.93. The largest absolute Gasteiger partial charge is 0.455 e. The van der Waals surface area contributed by atoms with Gasteiger partial charge in [-0.2, -0.15) is 0 Å². The van der Waals surface area contributed by atoms with Gasteiger partial charge in [-0.25, -0.2) is 0 Å². The monoisotopic (exact) mass is 257 g/mol. The van der Waals surface area contributed by atoms with E-state index in [0.717, 1.165) is 11.3 Å². The molecule has 3 heteroatoms. The molecular formula is C16H19NO2. The Kier molecular flexibility index (Phi) is 4.17. The topological polar surface area (TPSA) is 42.4 Å².